The van der Waals surface area contributed by atoms with Gasteiger partial charge in [-0.05, 0) is 81.2 Å². The van der Waals surface area contributed by atoms with E-state index in [0.29, 0.717) is 55.9 Å². The molecule has 0 aliphatic heterocycles. The van der Waals surface area contributed by atoms with Crippen LogP contribution in [0.1, 0.15) is 44.2 Å². The monoisotopic (exact) mass is 562 g/mol. The zero-order chi connectivity index (χ0) is 27.5. The van der Waals surface area contributed by atoms with E-state index in [1.165, 1.54) is 0 Å². The number of fused-ring (bicyclic) bond motifs is 1. The van der Waals surface area contributed by atoms with E-state index in [1.54, 1.807) is 6.07 Å². The molecule has 0 aliphatic rings. The first-order valence-electron chi connectivity index (χ1n) is 13.2. The number of aromatic hydroxyl groups is 1. The van der Waals surface area contributed by atoms with Crippen LogP contribution in [0.3, 0.4) is 0 Å². The van der Waals surface area contributed by atoms with Crippen molar-refractivity contribution in [2.45, 2.75) is 51.6 Å². The second-order valence-electron chi connectivity index (χ2n) is 9.54. The summed E-state index contributed by atoms with van der Waals surface area (Å²) in [4.78, 5) is 28.8. The number of nitrogens with one attached hydrogen (secondary N) is 2. The maximum Gasteiger partial charge on any atom is 0.305 e. The van der Waals surface area contributed by atoms with Gasteiger partial charge in [0.15, 0.2) is 0 Å². The number of aromatic nitrogens is 1. The van der Waals surface area contributed by atoms with E-state index < -0.39 is 5.60 Å². The summed E-state index contributed by atoms with van der Waals surface area (Å²) in [5.74, 6) is -0.296. The van der Waals surface area contributed by atoms with Gasteiger partial charge in [0.05, 0.1) is 23.3 Å². The van der Waals surface area contributed by atoms with E-state index in [9.17, 15) is 14.7 Å². The molecule has 8 nitrogen and oxygen atoms in total. The second-order valence-corrected chi connectivity index (χ2v) is 11.0. The Kier molecular flexibility index (Phi) is 11.6. The molecule has 208 valence electrons. The molecule has 0 radical (unpaired) electrons. The summed E-state index contributed by atoms with van der Waals surface area (Å²) >= 11 is 7.24. The molecule has 1 heterocycles. The fraction of sp³-hybridized carbons (Fsp3) is 0.500. The standard InChI is InChI=1S/C28H39ClN4O4S/c1-3-33(4-2)16-13-28(19-24(30)35,37-17-11-20-6-5-7-22(29)18-20)12-15-31-14-10-21-8-9-23(34)25-26(21)38-27(36)32-25/h5-9,18,31,34H,3-4,10-17,19H2,1-2H3,(H2,30,35)(H,32,36). The van der Waals surface area contributed by atoms with Gasteiger partial charge in [-0.15, -0.1) is 0 Å². The van der Waals surface area contributed by atoms with Crippen molar-refractivity contribution >= 4 is 39.1 Å². The highest BCUT2D eigenvalue weighted by molar-refractivity contribution is 7.16. The van der Waals surface area contributed by atoms with Gasteiger partial charge in [0.2, 0.25) is 5.91 Å². The van der Waals surface area contributed by atoms with Crippen LogP contribution in [0, 0.1) is 0 Å². The van der Waals surface area contributed by atoms with Crippen molar-refractivity contribution in [2.24, 2.45) is 5.73 Å². The minimum absolute atomic E-state index is 0.0782. The van der Waals surface area contributed by atoms with E-state index in [2.05, 4.69) is 29.0 Å². The van der Waals surface area contributed by atoms with E-state index in [-0.39, 0.29) is 23.0 Å². The number of halogens is 1. The van der Waals surface area contributed by atoms with E-state index in [0.717, 1.165) is 46.8 Å². The number of hydrogen-bond donors (Lipinski definition) is 4. The van der Waals surface area contributed by atoms with Crippen molar-refractivity contribution in [1.29, 1.82) is 0 Å². The van der Waals surface area contributed by atoms with Gasteiger partial charge < -0.3 is 30.8 Å². The van der Waals surface area contributed by atoms with Crippen LogP contribution in [0.4, 0.5) is 0 Å². The van der Waals surface area contributed by atoms with E-state index in [4.69, 9.17) is 22.1 Å². The Morgan fingerprint density at radius 3 is 2.68 bits per heavy atom. The number of nitrogens with two attached hydrogens (primary N) is 1. The van der Waals surface area contributed by atoms with Gasteiger partial charge in [0.1, 0.15) is 11.3 Å². The molecule has 0 saturated carbocycles. The number of primary amides is 1. The molecule has 1 amide bonds. The maximum absolute atomic E-state index is 12.1. The van der Waals surface area contributed by atoms with Crippen LogP contribution in [0.2, 0.25) is 5.02 Å². The molecule has 3 aromatic rings. The zero-order valence-electron chi connectivity index (χ0n) is 22.2. The second kappa shape index (κ2) is 14.6. The lowest BCUT2D eigenvalue weighted by molar-refractivity contribution is -0.128. The summed E-state index contributed by atoms with van der Waals surface area (Å²) < 4.78 is 7.27. The third-order valence-electron chi connectivity index (χ3n) is 6.93. The number of carbonyl (C=O) groups excluding carboxylic acids is 1. The molecule has 1 aromatic heterocycles. The van der Waals surface area contributed by atoms with Crippen molar-refractivity contribution in [3.8, 4) is 5.75 Å². The molecule has 0 fully saturated rings. The number of carbonyl (C=O) groups is 1. The van der Waals surface area contributed by atoms with Crippen LogP contribution in [0.5, 0.6) is 5.75 Å². The fourth-order valence-electron chi connectivity index (χ4n) is 4.73. The Morgan fingerprint density at radius 1 is 1.18 bits per heavy atom. The van der Waals surface area contributed by atoms with Crippen LogP contribution in [-0.4, -0.2) is 65.8 Å². The number of rotatable bonds is 17. The molecular weight excluding hydrogens is 524 g/mol. The van der Waals surface area contributed by atoms with Gasteiger partial charge in [0, 0.05) is 11.6 Å². The summed E-state index contributed by atoms with van der Waals surface area (Å²) in [7, 11) is 0. The smallest absolute Gasteiger partial charge is 0.305 e. The Hall–Kier alpha value is -2.43. The number of amides is 1. The first kappa shape index (κ1) is 30.1. The van der Waals surface area contributed by atoms with Crippen LogP contribution in [0.15, 0.2) is 41.2 Å². The number of thiazole rings is 1. The maximum atomic E-state index is 12.1. The van der Waals surface area contributed by atoms with Gasteiger partial charge in [-0.3, -0.25) is 9.59 Å². The van der Waals surface area contributed by atoms with Crippen molar-refractivity contribution in [3.63, 3.8) is 0 Å². The molecule has 0 bridgehead atoms. The number of aromatic amines is 1. The number of ether oxygens (including phenoxy) is 1. The zero-order valence-corrected chi connectivity index (χ0v) is 23.8. The summed E-state index contributed by atoms with van der Waals surface area (Å²) in [6, 6.07) is 11.2. The quantitative estimate of drug-likeness (QED) is 0.184. The first-order chi connectivity index (χ1) is 18.2. The number of H-pyrrole nitrogens is 1. The van der Waals surface area contributed by atoms with Crippen LogP contribution >= 0.6 is 22.9 Å². The number of phenolic OH excluding ortho intramolecular Hbond substituents is 1. The molecule has 0 aliphatic carbocycles. The van der Waals surface area contributed by atoms with Gasteiger partial charge in [0.25, 0.3) is 0 Å². The number of phenols is 1. The van der Waals surface area contributed by atoms with Gasteiger partial charge in [-0.1, -0.05) is 55.0 Å². The van der Waals surface area contributed by atoms with Crippen molar-refractivity contribution in [3.05, 3.63) is 62.2 Å². The summed E-state index contributed by atoms with van der Waals surface area (Å²) in [6.45, 7) is 8.71. The first-order valence-corrected chi connectivity index (χ1v) is 14.4. The summed E-state index contributed by atoms with van der Waals surface area (Å²) in [6.07, 6.45) is 2.87. The van der Waals surface area contributed by atoms with Gasteiger partial charge in [-0.25, -0.2) is 0 Å². The summed E-state index contributed by atoms with van der Waals surface area (Å²) in [5, 5.41) is 14.2. The topological polar surface area (TPSA) is 121 Å². The minimum Gasteiger partial charge on any atom is -0.506 e. The Balaban J connectivity index is 1.64. The predicted molar refractivity (Wildman–Crippen MR) is 155 cm³/mol. The third kappa shape index (κ3) is 8.81. The van der Waals surface area contributed by atoms with Gasteiger partial charge in [-0.2, -0.15) is 0 Å². The fourth-order valence-corrected chi connectivity index (χ4v) is 5.84. The normalized spacial score (nSPS) is 13.3. The number of hydrogen-bond acceptors (Lipinski definition) is 7. The average molecular weight is 563 g/mol. The molecule has 10 heteroatoms. The third-order valence-corrected chi connectivity index (χ3v) is 8.12. The van der Waals surface area contributed by atoms with Crippen LogP contribution in [0.25, 0.3) is 10.2 Å². The van der Waals surface area contributed by atoms with Crippen molar-refractivity contribution in [2.75, 3.05) is 39.3 Å². The molecule has 38 heavy (non-hydrogen) atoms. The largest absolute Gasteiger partial charge is 0.506 e. The van der Waals surface area contributed by atoms with Crippen LogP contribution < -0.4 is 15.9 Å². The molecule has 0 spiro atoms. The van der Waals surface area contributed by atoms with Crippen molar-refractivity contribution in [1.82, 2.24) is 15.2 Å². The SMILES string of the molecule is CCN(CC)CCC(CCNCCc1ccc(O)c2[nH]c(=O)sc12)(CC(N)=O)OCCc1cccc(Cl)c1. The summed E-state index contributed by atoms with van der Waals surface area (Å²) in [5.41, 5.74) is 7.60. The molecular formula is C28H39ClN4O4S. The Morgan fingerprint density at radius 2 is 1.97 bits per heavy atom. The van der Waals surface area contributed by atoms with E-state index >= 15 is 0 Å². The van der Waals surface area contributed by atoms with Gasteiger partial charge >= 0.3 is 4.87 Å². The Bertz CT molecular complexity index is 1240. The highest BCUT2D eigenvalue weighted by atomic mass is 35.5. The van der Waals surface area contributed by atoms with Crippen molar-refractivity contribution < 1.29 is 14.6 Å². The minimum atomic E-state index is -0.675. The number of nitrogens with zero attached hydrogens (tertiary/aromatic N) is 1. The molecule has 5 N–H and O–H groups in total. The lowest BCUT2D eigenvalue weighted by atomic mass is 9.90. The highest BCUT2D eigenvalue weighted by Gasteiger charge is 2.33. The lowest BCUT2D eigenvalue weighted by Crippen LogP contribution is -2.43. The molecule has 1 atom stereocenters. The van der Waals surface area contributed by atoms with E-state index in [1.807, 2.05) is 30.3 Å². The predicted octanol–water partition coefficient (Wildman–Crippen LogP) is 4.08. The molecule has 1 unspecified atom stereocenters. The lowest BCUT2D eigenvalue weighted by Gasteiger charge is -2.35. The highest BCUT2D eigenvalue weighted by Crippen LogP contribution is 2.28. The molecule has 0 saturated heterocycles. The average Bonchev–Trinajstić information content (AvgIpc) is 3.28. The number of benzene rings is 2. The molecule has 3 rings (SSSR count). The molecule has 2 aromatic carbocycles. The van der Waals surface area contributed by atoms with Crippen LogP contribution in [-0.2, 0) is 22.4 Å². The Labute approximate surface area is 233 Å².